The maximum atomic E-state index is 12.0. The van der Waals surface area contributed by atoms with E-state index in [0.717, 1.165) is 25.9 Å². The number of likely N-dealkylation sites (tertiary alicyclic amines) is 1. The van der Waals surface area contributed by atoms with E-state index >= 15 is 0 Å². The second-order valence-corrected chi connectivity index (χ2v) is 5.15. The van der Waals surface area contributed by atoms with Gasteiger partial charge in [-0.25, -0.2) is 4.98 Å². The van der Waals surface area contributed by atoms with E-state index in [1.165, 1.54) is 0 Å². The molecular formula is C10H14BrN3O. The summed E-state index contributed by atoms with van der Waals surface area (Å²) in [4.78, 5) is 18.5. The molecule has 0 unspecified atom stereocenters. The second-order valence-electron chi connectivity index (χ2n) is 3.86. The van der Waals surface area contributed by atoms with E-state index in [-0.39, 0.29) is 5.91 Å². The number of hydrogen-bond donors (Lipinski definition) is 0. The van der Waals surface area contributed by atoms with E-state index < -0.39 is 0 Å². The number of hydrogen-bond acceptors (Lipinski definition) is 2. The van der Waals surface area contributed by atoms with Crippen LogP contribution >= 0.6 is 15.9 Å². The van der Waals surface area contributed by atoms with E-state index in [0.29, 0.717) is 10.5 Å². The van der Waals surface area contributed by atoms with Gasteiger partial charge in [0.05, 0.1) is 12.5 Å². The van der Waals surface area contributed by atoms with Crippen LogP contribution in [-0.4, -0.2) is 38.3 Å². The van der Waals surface area contributed by atoms with Crippen molar-refractivity contribution in [2.45, 2.75) is 17.7 Å². The Morgan fingerprint density at radius 1 is 1.53 bits per heavy atom. The first kappa shape index (κ1) is 10.7. The highest BCUT2D eigenvalue weighted by Crippen LogP contribution is 2.18. The molecule has 1 aliphatic rings. The Labute approximate surface area is 97.4 Å². The summed E-state index contributed by atoms with van der Waals surface area (Å²) < 4.78 is 1.77. The number of nitrogens with zero attached hydrogens (tertiary/aromatic N) is 3. The highest BCUT2D eigenvalue weighted by atomic mass is 79.9. The van der Waals surface area contributed by atoms with Gasteiger partial charge in [-0.3, -0.25) is 4.79 Å². The fourth-order valence-corrected chi connectivity index (χ4v) is 2.19. The van der Waals surface area contributed by atoms with E-state index in [1.54, 1.807) is 17.1 Å². The third-order valence-electron chi connectivity index (χ3n) is 2.75. The van der Waals surface area contributed by atoms with Crippen molar-refractivity contribution in [1.82, 2.24) is 14.5 Å². The van der Waals surface area contributed by atoms with Crippen LogP contribution in [0.3, 0.4) is 0 Å². The van der Waals surface area contributed by atoms with E-state index in [9.17, 15) is 4.79 Å². The van der Waals surface area contributed by atoms with E-state index in [4.69, 9.17) is 0 Å². The van der Waals surface area contributed by atoms with E-state index in [1.807, 2.05) is 11.9 Å². The van der Waals surface area contributed by atoms with Crippen molar-refractivity contribution in [1.29, 1.82) is 0 Å². The van der Waals surface area contributed by atoms with Gasteiger partial charge in [0.2, 0.25) is 0 Å². The van der Waals surface area contributed by atoms with Crippen LogP contribution < -0.4 is 0 Å². The standard InChI is InChI=1S/C10H14BrN3O/c1-13-7-12-6-9(13)10(15)14-4-2-8(11)3-5-14/h6-8H,2-5H2,1H3. The first-order valence-corrected chi connectivity index (χ1v) is 5.99. The van der Waals surface area contributed by atoms with Crippen molar-refractivity contribution in [3.05, 3.63) is 18.2 Å². The lowest BCUT2D eigenvalue weighted by Crippen LogP contribution is -2.39. The van der Waals surface area contributed by atoms with Gasteiger partial charge in [0.1, 0.15) is 5.69 Å². The zero-order valence-corrected chi connectivity index (χ0v) is 10.3. The van der Waals surface area contributed by atoms with Crippen LogP contribution in [0.15, 0.2) is 12.5 Å². The van der Waals surface area contributed by atoms with Crippen LogP contribution in [-0.2, 0) is 7.05 Å². The molecule has 0 N–H and O–H groups in total. The first-order chi connectivity index (χ1) is 7.18. The first-order valence-electron chi connectivity index (χ1n) is 5.08. The lowest BCUT2D eigenvalue weighted by Gasteiger charge is -2.29. The lowest BCUT2D eigenvalue weighted by molar-refractivity contribution is 0.0718. The molecule has 1 fully saturated rings. The van der Waals surface area contributed by atoms with Crippen molar-refractivity contribution in [3.63, 3.8) is 0 Å². The molecular weight excluding hydrogens is 258 g/mol. The Bertz CT molecular complexity index is 355. The fraction of sp³-hybridized carbons (Fsp3) is 0.600. The van der Waals surface area contributed by atoms with Crippen molar-refractivity contribution >= 4 is 21.8 Å². The predicted octanol–water partition coefficient (Wildman–Crippen LogP) is 1.42. The topological polar surface area (TPSA) is 38.1 Å². The molecule has 82 valence electrons. The van der Waals surface area contributed by atoms with Crippen LogP contribution in [0.2, 0.25) is 0 Å². The summed E-state index contributed by atoms with van der Waals surface area (Å²) in [5.74, 6) is 0.0920. The van der Waals surface area contributed by atoms with Crippen LogP contribution in [0.5, 0.6) is 0 Å². The molecule has 0 atom stereocenters. The summed E-state index contributed by atoms with van der Waals surface area (Å²) in [7, 11) is 1.84. The molecule has 1 saturated heterocycles. The Kier molecular flexibility index (Phi) is 3.09. The van der Waals surface area contributed by atoms with Crippen LogP contribution in [0.4, 0.5) is 0 Å². The monoisotopic (exact) mass is 271 g/mol. The van der Waals surface area contributed by atoms with Crippen LogP contribution in [0, 0.1) is 0 Å². The number of imidazole rings is 1. The third-order valence-corrected chi connectivity index (χ3v) is 3.66. The summed E-state index contributed by atoms with van der Waals surface area (Å²) in [5, 5.41) is 0. The van der Waals surface area contributed by atoms with Crippen molar-refractivity contribution in [2.24, 2.45) is 7.05 Å². The second kappa shape index (κ2) is 4.35. The predicted molar refractivity (Wildman–Crippen MR) is 61.1 cm³/mol. The van der Waals surface area contributed by atoms with Crippen molar-refractivity contribution in [2.75, 3.05) is 13.1 Å². The molecule has 5 heteroatoms. The molecule has 2 rings (SSSR count). The lowest BCUT2D eigenvalue weighted by atomic mass is 10.1. The number of carbonyl (C=O) groups excluding carboxylic acids is 1. The zero-order chi connectivity index (χ0) is 10.8. The number of halogens is 1. The molecule has 1 aromatic rings. The highest BCUT2D eigenvalue weighted by Gasteiger charge is 2.23. The summed E-state index contributed by atoms with van der Waals surface area (Å²) in [6, 6.07) is 0. The van der Waals surface area contributed by atoms with Gasteiger partial charge < -0.3 is 9.47 Å². The number of alkyl halides is 1. The third kappa shape index (κ3) is 2.22. The summed E-state index contributed by atoms with van der Waals surface area (Å²) in [6.07, 6.45) is 5.35. The van der Waals surface area contributed by atoms with Crippen LogP contribution in [0.1, 0.15) is 23.3 Å². The molecule has 0 bridgehead atoms. The van der Waals surface area contributed by atoms with Gasteiger partial charge >= 0.3 is 0 Å². The number of piperidine rings is 1. The number of amides is 1. The summed E-state index contributed by atoms with van der Waals surface area (Å²) >= 11 is 3.57. The molecule has 0 radical (unpaired) electrons. The number of carbonyl (C=O) groups is 1. The summed E-state index contributed by atoms with van der Waals surface area (Å²) in [5.41, 5.74) is 0.669. The van der Waals surface area contributed by atoms with Gasteiger partial charge in [-0.15, -0.1) is 0 Å². The SMILES string of the molecule is Cn1cncc1C(=O)N1CCC(Br)CC1. The molecule has 2 heterocycles. The maximum Gasteiger partial charge on any atom is 0.272 e. The summed E-state index contributed by atoms with van der Waals surface area (Å²) in [6.45, 7) is 1.67. The minimum atomic E-state index is 0.0920. The number of aromatic nitrogens is 2. The Balaban J connectivity index is 2.06. The van der Waals surface area contributed by atoms with E-state index in [2.05, 4.69) is 20.9 Å². The highest BCUT2D eigenvalue weighted by molar-refractivity contribution is 9.09. The molecule has 0 aromatic carbocycles. The molecule has 4 nitrogen and oxygen atoms in total. The minimum Gasteiger partial charge on any atom is -0.337 e. The van der Waals surface area contributed by atoms with Gasteiger partial charge in [-0.1, -0.05) is 15.9 Å². The molecule has 0 spiro atoms. The Morgan fingerprint density at radius 2 is 2.20 bits per heavy atom. The van der Waals surface area contributed by atoms with Crippen molar-refractivity contribution in [3.8, 4) is 0 Å². The molecule has 0 aliphatic carbocycles. The van der Waals surface area contributed by atoms with Crippen molar-refractivity contribution < 1.29 is 4.79 Å². The maximum absolute atomic E-state index is 12.0. The van der Waals surface area contributed by atoms with Gasteiger partial charge in [0, 0.05) is 25.0 Å². The number of aryl methyl sites for hydroxylation is 1. The fourth-order valence-electron chi connectivity index (χ4n) is 1.78. The number of rotatable bonds is 1. The van der Waals surface area contributed by atoms with Gasteiger partial charge in [0.15, 0.2) is 0 Å². The van der Waals surface area contributed by atoms with Crippen LogP contribution in [0.25, 0.3) is 0 Å². The van der Waals surface area contributed by atoms with Gasteiger partial charge in [0.25, 0.3) is 5.91 Å². The quantitative estimate of drug-likeness (QED) is 0.725. The molecule has 1 aliphatic heterocycles. The molecule has 15 heavy (non-hydrogen) atoms. The average molecular weight is 272 g/mol. The van der Waals surface area contributed by atoms with Gasteiger partial charge in [-0.05, 0) is 12.8 Å². The Hall–Kier alpha value is -0.840. The largest absolute Gasteiger partial charge is 0.337 e. The Morgan fingerprint density at radius 3 is 2.73 bits per heavy atom. The average Bonchev–Trinajstić information content (AvgIpc) is 2.65. The van der Waals surface area contributed by atoms with Gasteiger partial charge in [-0.2, -0.15) is 0 Å². The molecule has 0 saturated carbocycles. The normalized spacial score (nSPS) is 18.1. The molecule has 1 aromatic heterocycles. The zero-order valence-electron chi connectivity index (χ0n) is 8.69. The smallest absolute Gasteiger partial charge is 0.272 e. The minimum absolute atomic E-state index is 0.0920. The molecule has 1 amide bonds.